The summed E-state index contributed by atoms with van der Waals surface area (Å²) >= 11 is 0. The summed E-state index contributed by atoms with van der Waals surface area (Å²) in [7, 11) is 0. The van der Waals surface area contributed by atoms with Gasteiger partial charge < -0.3 is 10.1 Å². The van der Waals surface area contributed by atoms with Gasteiger partial charge in [-0.15, -0.1) is 13.2 Å². The third-order valence-electron chi connectivity index (χ3n) is 3.61. The fourth-order valence-electron chi connectivity index (χ4n) is 2.29. The molecule has 2 aromatic rings. The second-order valence-electron chi connectivity index (χ2n) is 5.60. The number of halogens is 3. The van der Waals surface area contributed by atoms with Crippen molar-refractivity contribution in [3.8, 4) is 5.75 Å². The summed E-state index contributed by atoms with van der Waals surface area (Å²) in [6.45, 7) is 2.01. The van der Waals surface area contributed by atoms with Crippen LogP contribution in [0.15, 0.2) is 48.5 Å². The molecule has 26 heavy (non-hydrogen) atoms. The van der Waals surface area contributed by atoms with Gasteiger partial charge in [0.1, 0.15) is 5.75 Å². The molecule has 0 spiro atoms. The number of ketones is 1. The fourth-order valence-corrected chi connectivity index (χ4v) is 2.29. The van der Waals surface area contributed by atoms with Gasteiger partial charge in [-0.2, -0.15) is 0 Å². The highest BCUT2D eigenvalue weighted by Gasteiger charge is 2.31. The lowest BCUT2D eigenvalue weighted by atomic mass is 10.0. The Morgan fingerprint density at radius 3 is 2.35 bits per heavy atom. The summed E-state index contributed by atoms with van der Waals surface area (Å²) in [5.74, 6) is -1.06. The number of anilines is 1. The zero-order chi connectivity index (χ0) is 19.2. The van der Waals surface area contributed by atoms with Crippen molar-refractivity contribution in [2.75, 3.05) is 5.32 Å². The molecule has 2 rings (SSSR count). The molecule has 1 N–H and O–H groups in total. The van der Waals surface area contributed by atoms with E-state index in [1.807, 2.05) is 19.1 Å². The third-order valence-corrected chi connectivity index (χ3v) is 3.61. The molecule has 0 saturated carbocycles. The highest BCUT2D eigenvalue weighted by molar-refractivity contribution is 6.00. The maximum Gasteiger partial charge on any atom is 0.573 e. The molecule has 1 amide bonds. The van der Waals surface area contributed by atoms with Crippen LogP contribution < -0.4 is 10.1 Å². The molecule has 0 aliphatic carbocycles. The van der Waals surface area contributed by atoms with Gasteiger partial charge >= 0.3 is 6.36 Å². The Morgan fingerprint density at radius 1 is 1.04 bits per heavy atom. The molecule has 4 nitrogen and oxygen atoms in total. The monoisotopic (exact) mass is 365 g/mol. The van der Waals surface area contributed by atoms with Crippen molar-refractivity contribution in [2.24, 2.45) is 0 Å². The van der Waals surface area contributed by atoms with Gasteiger partial charge in [-0.1, -0.05) is 37.3 Å². The highest BCUT2D eigenvalue weighted by Crippen LogP contribution is 2.25. The second-order valence-corrected chi connectivity index (χ2v) is 5.60. The van der Waals surface area contributed by atoms with Crippen molar-refractivity contribution < 1.29 is 27.5 Å². The summed E-state index contributed by atoms with van der Waals surface area (Å²) in [5, 5.41) is 2.45. The summed E-state index contributed by atoms with van der Waals surface area (Å²) in [5.41, 5.74) is 1.80. The first-order valence-corrected chi connectivity index (χ1v) is 8.04. The number of carbonyl (C=O) groups is 2. The molecule has 0 saturated heterocycles. The van der Waals surface area contributed by atoms with E-state index in [2.05, 4.69) is 10.1 Å². The molecule has 0 unspecified atom stereocenters. The summed E-state index contributed by atoms with van der Waals surface area (Å²) in [4.78, 5) is 24.0. The number of aryl methyl sites for hydroxylation is 1. The van der Waals surface area contributed by atoms with E-state index in [0.29, 0.717) is 5.56 Å². The number of ether oxygens (including phenoxy) is 1. The average Bonchev–Trinajstić information content (AvgIpc) is 2.58. The van der Waals surface area contributed by atoms with E-state index in [4.69, 9.17) is 0 Å². The Bertz CT molecular complexity index is 770. The van der Waals surface area contributed by atoms with E-state index in [1.165, 1.54) is 12.1 Å². The van der Waals surface area contributed by atoms with Gasteiger partial charge in [0.2, 0.25) is 5.91 Å². The van der Waals surface area contributed by atoms with Gasteiger partial charge in [0.15, 0.2) is 5.78 Å². The molecule has 0 aliphatic heterocycles. The molecule has 0 heterocycles. The molecule has 7 heteroatoms. The largest absolute Gasteiger partial charge is 0.573 e. The zero-order valence-electron chi connectivity index (χ0n) is 14.1. The van der Waals surface area contributed by atoms with Crippen molar-refractivity contribution >= 4 is 17.4 Å². The lowest BCUT2D eigenvalue weighted by Gasteiger charge is -2.10. The number of alkyl halides is 3. The van der Waals surface area contributed by atoms with Gasteiger partial charge in [0.05, 0.1) is 0 Å². The van der Waals surface area contributed by atoms with Gasteiger partial charge in [-0.3, -0.25) is 9.59 Å². The van der Waals surface area contributed by atoms with Crippen LogP contribution in [0.3, 0.4) is 0 Å². The number of rotatable bonds is 7. The van der Waals surface area contributed by atoms with Crippen LogP contribution in [-0.4, -0.2) is 18.1 Å². The van der Waals surface area contributed by atoms with Crippen LogP contribution in [-0.2, 0) is 11.2 Å². The Hall–Kier alpha value is -2.83. The van der Waals surface area contributed by atoms with Gasteiger partial charge in [-0.05, 0) is 24.1 Å². The first-order chi connectivity index (χ1) is 12.3. The topological polar surface area (TPSA) is 55.4 Å². The first kappa shape index (κ1) is 19.5. The quantitative estimate of drug-likeness (QED) is 0.721. The Morgan fingerprint density at radius 2 is 1.73 bits per heavy atom. The zero-order valence-corrected chi connectivity index (χ0v) is 14.1. The van der Waals surface area contributed by atoms with E-state index in [9.17, 15) is 22.8 Å². The van der Waals surface area contributed by atoms with Crippen LogP contribution in [0.5, 0.6) is 5.75 Å². The molecular formula is C19H18F3NO3. The minimum Gasteiger partial charge on any atom is -0.406 e. The van der Waals surface area contributed by atoms with Crippen molar-refractivity contribution in [3.63, 3.8) is 0 Å². The van der Waals surface area contributed by atoms with E-state index in [1.54, 1.807) is 12.1 Å². The predicted octanol–water partition coefficient (Wildman–Crippen LogP) is 4.75. The maximum absolute atomic E-state index is 12.2. The molecule has 2 aromatic carbocycles. The third kappa shape index (κ3) is 6.23. The maximum atomic E-state index is 12.2. The van der Waals surface area contributed by atoms with E-state index in [-0.39, 0.29) is 24.3 Å². The highest BCUT2D eigenvalue weighted by atomic mass is 19.4. The molecule has 0 bridgehead atoms. The predicted molar refractivity (Wildman–Crippen MR) is 91.1 cm³/mol. The lowest BCUT2D eigenvalue weighted by Crippen LogP contribution is -2.17. The van der Waals surface area contributed by atoms with Crippen LogP contribution in [0.25, 0.3) is 0 Å². The fraction of sp³-hybridized carbons (Fsp3) is 0.263. The Balaban J connectivity index is 1.88. The minimum atomic E-state index is -4.80. The SMILES string of the molecule is CCc1ccc(C(=O)CCC(=O)Nc2cccc(OC(F)(F)F)c2)cc1. The Labute approximate surface area is 149 Å². The molecule has 0 aliphatic rings. The van der Waals surface area contributed by atoms with Gasteiger partial charge in [0, 0.05) is 30.2 Å². The normalized spacial score (nSPS) is 11.1. The minimum absolute atomic E-state index is 0.00997. The number of benzene rings is 2. The van der Waals surface area contributed by atoms with E-state index < -0.39 is 18.0 Å². The number of nitrogens with one attached hydrogen (secondary N) is 1. The van der Waals surface area contributed by atoms with Gasteiger partial charge in [0.25, 0.3) is 0 Å². The van der Waals surface area contributed by atoms with Gasteiger partial charge in [-0.25, -0.2) is 0 Å². The molecule has 0 aromatic heterocycles. The summed E-state index contributed by atoms with van der Waals surface area (Å²) in [6.07, 6.45) is -3.99. The van der Waals surface area contributed by atoms with Crippen LogP contribution in [0.1, 0.15) is 35.7 Å². The molecular weight excluding hydrogens is 347 g/mol. The van der Waals surface area contributed by atoms with Crippen molar-refractivity contribution in [1.82, 2.24) is 0 Å². The number of carbonyl (C=O) groups excluding carboxylic acids is 2. The Kier molecular flexibility index (Phi) is 6.38. The summed E-state index contributed by atoms with van der Waals surface area (Å²) < 4.78 is 40.4. The van der Waals surface area contributed by atoms with Crippen molar-refractivity contribution in [3.05, 3.63) is 59.7 Å². The van der Waals surface area contributed by atoms with Crippen LogP contribution in [0, 0.1) is 0 Å². The lowest BCUT2D eigenvalue weighted by molar-refractivity contribution is -0.274. The standard InChI is InChI=1S/C19H18F3NO3/c1-2-13-6-8-14(9-7-13)17(24)10-11-18(25)23-15-4-3-5-16(12-15)26-19(20,21)22/h3-9,12H,2,10-11H2,1H3,(H,23,25). The van der Waals surface area contributed by atoms with Crippen molar-refractivity contribution in [2.45, 2.75) is 32.5 Å². The van der Waals surface area contributed by atoms with E-state index in [0.717, 1.165) is 24.1 Å². The average molecular weight is 365 g/mol. The number of amides is 1. The van der Waals surface area contributed by atoms with E-state index >= 15 is 0 Å². The van der Waals surface area contributed by atoms with Crippen molar-refractivity contribution in [1.29, 1.82) is 0 Å². The molecule has 0 fully saturated rings. The summed E-state index contributed by atoms with van der Waals surface area (Å²) in [6, 6.07) is 12.1. The van der Waals surface area contributed by atoms with Crippen LogP contribution in [0.2, 0.25) is 0 Å². The number of hydrogen-bond donors (Lipinski definition) is 1. The second kappa shape index (κ2) is 8.51. The number of Topliss-reactive ketones (excluding diaryl/α,β-unsaturated/α-hetero) is 1. The molecule has 0 atom stereocenters. The number of hydrogen-bond acceptors (Lipinski definition) is 3. The molecule has 138 valence electrons. The smallest absolute Gasteiger partial charge is 0.406 e. The molecule has 0 radical (unpaired) electrons. The van der Waals surface area contributed by atoms with Crippen LogP contribution >= 0.6 is 0 Å². The van der Waals surface area contributed by atoms with Crippen LogP contribution in [0.4, 0.5) is 18.9 Å². The first-order valence-electron chi connectivity index (χ1n) is 8.04.